The summed E-state index contributed by atoms with van der Waals surface area (Å²) in [7, 11) is -6.64. The second kappa shape index (κ2) is 6.95. The first-order chi connectivity index (χ1) is 10.9. The summed E-state index contributed by atoms with van der Waals surface area (Å²) in [6.45, 7) is 5.69. The van der Waals surface area contributed by atoms with E-state index >= 15 is 0 Å². The van der Waals surface area contributed by atoms with E-state index in [1.165, 1.54) is 17.1 Å². The van der Waals surface area contributed by atoms with Gasteiger partial charge in [0.25, 0.3) is 0 Å². The Morgan fingerprint density at radius 3 is 2.22 bits per heavy atom. The van der Waals surface area contributed by atoms with Gasteiger partial charge >= 0.3 is 0 Å². The zero-order valence-corrected chi connectivity index (χ0v) is 15.1. The predicted molar refractivity (Wildman–Crippen MR) is 89.6 cm³/mol. The van der Waals surface area contributed by atoms with Crippen molar-refractivity contribution < 1.29 is 16.8 Å². The number of sulfonamides is 1. The van der Waals surface area contributed by atoms with Gasteiger partial charge in [0.1, 0.15) is 0 Å². The van der Waals surface area contributed by atoms with Gasteiger partial charge in [0.05, 0.1) is 16.8 Å². The molecule has 0 aliphatic carbocycles. The molecule has 7 nitrogen and oxygen atoms in total. The van der Waals surface area contributed by atoms with E-state index in [1.54, 1.807) is 0 Å². The highest BCUT2D eigenvalue weighted by atomic mass is 32.2. The first-order valence-electron chi connectivity index (χ1n) is 8.49. The van der Waals surface area contributed by atoms with Crippen LogP contribution in [0.4, 0.5) is 0 Å². The minimum Gasteiger partial charge on any atom is -0.317 e. The van der Waals surface area contributed by atoms with Gasteiger partial charge < -0.3 is 10.2 Å². The number of nitrogens with one attached hydrogen (secondary N) is 1. The van der Waals surface area contributed by atoms with E-state index in [1.807, 2.05) is 0 Å². The van der Waals surface area contributed by atoms with Crippen molar-refractivity contribution in [3.05, 3.63) is 0 Å². The summed E-state index contributed by atoms with van der Waals surface area (Å²) in [4.78, 5) is 2.35. The normalized spacial score (nSPS) is 31.4. The number of piperazine rings is 1. The lowest BCUT2D eigenvalue weighted by atomic mass is 9.97. The highest BCUT2D eigenvalue weighted by molar-refractivity contribution is 7.95. The number of sulfone groups is 1. The largest absolute Gasteiger partial charge is 0.317 e. The lowest BCUT2D eigenvalue weighted by Crippen LogP contribution is -2.52. The molecule has 1 N–H and O–H groups in total. The van der Waals surface area contributed by atoms with Gasteiger partial charge in [-0.15, -0.1) is 0 Å². The second-order valence-corrected chi connectivity index (χ2v) is 11.4. The molecule has 3 aliphatic rings. The average Bonchev–Trinajstić information content (AvgIpc) is 2.90. The van der Waals surface area contributed by atoms with Gasteiger partial charge in [0.2, 0.25) is 10.0 Å². The zero-order chi connectivity index (χ0) is 16.5. The fourth-order valence-corrected chi connectivity index (χ4v) is 8.31. The standard InChI is InChI=1S/C14H27N3O4S2/c18-22(19)10-3-14(12-22)23(20,21)17-8-6-16(7-9-17)11-13-1-4-15-5-2-13/h13-15H,1-12H2. The molecule has 0 aromatic carbocycles. The van der Waals surface area contributed by atoms with Gasteiger partial charge in [0.15, 0.2) is 9.84 Å². The summed E-state index contributed by atoms with van der Waals surface area (Å²) in [5.74, 6) is 0.511. The summed E-state index contributed by atoms with van der Waals surface area (Å²) < 4.78 is 49.8. The molecule has 0 radical (unpaired) electrons. The third kappa shape index (κ3) is 4.25. The molecule has 23 heavy (non-hydrogen) atoms. The van der Waals surface area contributed by atoms with Crippen LogP contribution in [0.25, 0.3) is 0 Å². The van der Waals surface area contributed by atoms with E-state index in [2.05, 4.69) is 10.2 Å². The first kappa shape index (κ1) is 17.6. The van der Waals surface area contributed by atoms with E-state index in [0.29, 0.717) is 19.0 Å². The summed E-state index contributed by atoms with van der Waals surface area (Å²) in [6, 6.07) is 0. The van der Waals surface area contributed by atoms with E-state index < -0.39 is 25.1 Å². The third-order valence-electron chi connectivity index (χ3n) is 5.28. The summed E-state index contributed by atoms with van der Waals surface area (Å²) >= 11 is 0. The van der Waals surface area contributed by atoms with Crippen molar-refractivity contribution in [2.24, 2.45) is 5.92 Å². The van der Waals surface area contributed by atoms with Crippen molar-refractivity contribution >= 4 is 19.9 Å². The Labute approximate surface area is 139 Å². The van der Waals surface area contributed by atoms with E-state index in [-0.39, 0.29) is 17.9 Å². The van der Waals surface area contributed by atoms with E-state index in [0.717, 1.165) is 32.7 Å². The SMILES string of the molecule is O=S1(=O)CCC(S(=O)(=O)N2CCN(CC3CCNCC3)CC2)C1. The van der Waals surface area contributed by atoms with E-state index in [9.17, 15) is 16.8 Å². The number of piperidine rings is 1. The molecule has 3 fully saturated rings. The molecule has 0 saturated carbocycles. The van der Waals surface area contributed by atoms with Crippen LogP contribution in [0, 0.1) is 5.92 Å². The number of hydrogen-bond donors (Lipinski definition) is 1. The Morgan fingerprint density at radius 1 is 1.00 bits per heavy atom. The Bertz CT molecular complexity index is 606. The Morgan fingerprint density at radius 2 is 1.65 bits per heavy atom. The lowest BCUT2D eigenvalue weighted by molar-refractivity contribution is 0.152. The molecule has 0 amide bonds. The average molecular weight is 366 g/mol. The monoisotopic (exact) mass is 365 g/mol. The fourth-order valence-electron chi connectivity index (χ4n) is 3.80. The summed E-state index contributed by atoms with van der Waals surface area (Å²) in [6.07, 6.45) is 2.64. The highest BCUT2D eigenvalue weighted by Gasteiger charge is 2.41. The van der Waals surface area contributed by atoms with Crippen molar-refractivity contribution in [1.29, 1.82) is 0 Å². The molecule has 0 aromatic rings. The lowest BCUT2D eigenvalue weighted by Gasteiger charge is -2.37. The summed E-state index contributed by atoms with van der Waals surface area (Å²) in [5, 5.41) is 2.63. The smallest absolute Gasteiger partial charge is 0.218 e. The Balaban J connectivity index is 1.52. The highest BCUT2D eigenvalue weighted by Crippen LogP contribution is 2.23. The summed E-state index contributed by atoms with van der Waals surface area (Å²) in [5.41, 5.74) is 0. The fraction of sp³-hybridized carbons (Fsp3) is 1.00. The molecule has 3 aliphatic heterocycles. The zero-order valence-electron chi connectivity index (χ0n) is 13.5. The van der Waals surface area contributed by atoms with Gasteiger partial charge in [-0.3, -0.25) is 0 Å². The third-order valence-corrected chi connectivity index (χ3v) is 9.59. The van der Waals surface area contributed by atoms with Crippen molar-refractivity contribution in [3.8, 4) is 0 Å². The Hall–Kier alpha value is -0.220. The second-order valence-electron chi connectivity index (χ2n) is 6.96. The minimum atomic E-state index is -3.47. The molecular formula is C14H27N3O4S2. The van der Waals surface area contributed by atoms with Crippen LogP contribution in [0.2, 0.25) is 0 Å². The molecule has 1 unspecified atom stereocenters. The number of nitrogens with zero attached hydrogens (tertiary/aromatic N) is 2. The maximum absolute atomic E-state index is 12.6. The predicted octanol–water partition coefficient (Wildman–Crippen LogP) is -0.879. The van der Waals surface area contributed by atoms with Crippen molar-refractivity contribution in [1.82, 2.24) is 14.5 Å². The van der Waals surface area contributed by atoms with Gasteiger partial charge in [-0.1, -0.05) is 0 Å². The topological polar surface area (TPSA) is 86.8 Å². The maximum atomic E-state index is 12.6. The van der Waals surface area contributed by atoms with Crippen molar-refractivity contribution in [2.45, 2.75) is 24.5 Å². The first-order valence-corrected chi connectivity index (χ1v) is 11.8. The molecule has 3 rings (SSSR count). The van der Waals surface area contributed by atoms with Gasteiger partial charge in [-0.05, 0) is 38.3 Å². The minimum absolute atomic E-state index is 0.00652. The molecule has 0 spiro atoms. The van der Waals surface area contributed by atoms with Crippen LogP contribution in [0.15, 0.2) is 0 Å². The molecule has 1 atom stereocenters. The molecule has 0 bridgehead atoms. The molecule has 9 heteroatoms. The molecular weight excluding hydrogens is 338 g/mol. The molecule has 134 valence electrons. The van der Waals surface area contributed by atoms with Crippen molar-refractivity contribution in [3.63, 3.8) is 0 Å². The van der Waals surface area contributed by atoms with Crippen molar-refractivity contribution in [2.75, 3.05) is 57.3 Å². The maximum Gasteiger partial charge on any atom is 0.218 e. The van der Waals surface area contributed by atoms with Gasteiger partial charge in [-0.25, -0.2) is 16.8 Å². The van der Waals surface area contributed by atoms with Crippen LogP contribution >= 0.6 is 0 Å². The van der Waals surface area contributed by atoms with Gasteiger partial charge in [-0.2, -0.15) is 4.31 Å². The molecule has 3 saturated heterocycles. The van der Waals surface area contributed by atoms with E-state index in [4.69, 9.17) is 0 Å². The Kier molecular flexibility index (Phi) is 5.32. The molecule has 0 aromatic heterocycles. The van der Waals surface area contributed by atoms with Crippen LogP contribution in [0.1, 0.15) is 19.3 Å². The van der Waals surface area contributed by atoms with Crippen LogP contribution in [-0.2, 0) is 19.9 Å². The van der Waals surface area contributed by atoms with Crippen LogP contribution < -0.4 is 5.32 Å². The van der Waals surface area contributed by atoms with Crippen LogP contribution in [0.3, 0.4) is 0 Å². The van der Waals surface area contributed by atoms with Gasteiger partial charge in [0, 0.05) is 32.7 Å². The number of hydrogen-bond acceptors (Lipinski definition) is 6. The van der Waals surface area contributed by atoms with Crippen LogP contribution in [0.5, 0.6) is 0 Å². The number of rotatable bonds is 4. The van der Waals surface area contributed by atoms with Crippen LogP contribution in [-0.4, -0.2) is 88.6 Å². The quantitative estimate of drug-likeness (QED) is 0.696. The molecule has 3 heterocycles.